The number of hydrogen-bond acceptors (Lipinski definition) is 7. The highest BCUT2D eigenvalue weighted by Crippen LogP contribution is 2.32. The van der Waals surface area contributed by atoms with Crippen LogP contribution in [0.25, 0.3) is 10.9 Å². The predicted octanol–water partition coefficient (Wildman–Crippen LogP) is 4.16. The molecule has 8 nitrogen and oxygen atoms in total. The van der Waals surface area contributed by atoms with E-state index in [0.29, 0.717) is 40.7 Å². The molecule has 9 heteroatoms. The van der Waals surface area contributed by atoms with E-state index in [-0.39, 0.29) is 9.79 Å². The summed E-state index contributed by atoms with van der Waals surface area (Å²) in [6.45, 7) is 1.39. The molecule has 3 aromatic carbocycles. The number of ether oxygens (including phenoxy) is 1. The zero-order valence-electron chi connectivity index (χ0n) is 17.8. The van der Waals surface area contributed by atoms with Crippen LogP contribution in [0.3, 0.4) is 0 Å². The lowest BCUT2D eigenvalue weighted by Crippen LogP contribution is -2.19. The number of nitrogens with one attached hydrogen (secondary N) is 1. The Morgan fingerprint density at radius 1 is 1.00 bits per heavy atom. The second-order valence-electron chi connectivity index (χ2n) is 7.53. The number of aromatic nitrogens is 2. The first kappa shape index (κ1) is 20.9. The number of fused-ring (bicyclic) bond motifs is 1. The van der Waals surface area contributed by atoms with E-state index in [4.69, 9.17) is 4.74 Å². The van der Waals surface area contributed by atoms with Gasteiger partial charge in [-0.05, 0) is 42.5 Å². The van der Waals surface area contributed by atoms with Crippen molar-refractivity contribution >= 4 is 44.0 Å². The van der Waals surface area contributed by atoms with E-state index in [9.17, 15) is 8.42 Å². The molecule has 0 saturated carbocycles. The molecule has 0 aliphatic carbocycles. The van der Waals surface area contributed by atoms with Crippen LogP contribution in [0.15, 0.2) is 93.9 Å². The van der Waals surface area contributed by atoms with Gasteiger partial charge in [0, 0.05) is 12.4 Å². The van der Waals surface area contributed by atoms with Gasteiger partial charge in [-0.3, -0.25) is 0 Å². The molecular formula is C24H21N5O3S. The Morgan fingerprint density at radius 2 is 1.79 bits per heavy atom. The molecule has 1 aromatic heterocycles. The molecule has 0 radical (unpaired) electrons. The predicted molar refractivity (Wildman–Crippen MR) is 127 cm³/mol. The second-order valence-corrected chi connectivity index (χ2v) is 9.44. The molecule has 1 saturated heterocycles. The van der Waals surface area contributed by atoms with Gasteiger partial charge in [0.25, 0.3) is 6.02 Å². The van der Waals surface area contributed by atoms with Gasteiger partial charge in [0.15, 0.2) is 0 Å². The van der Waals surface area contributed by atoms with Gasteiger partial charge in [0.05, 0.1) is 33.2 Å². The summed E-state index contributed by atoms with van der Waals surface area (Å²) in [5.74, 6) is 0.485. The Bertz CT molecular complexity index is 1460. The molecule has 4 aromatic rings. The van der Waals surface area contributed by atoms with Gasteiger partial charge in [-0.15, -0.1) is 0 Å². The summed E-state index contributed by atoms with van der Waals surface area (Å²) < 4.78 is 32.1. The van der Waals surface area contributed by atoms with E-state index in [1.54, 1.807) is 54.6 Å². The van der Waals surface area contributed by atoms with E-state index in [1.165, 1.54) is 6.33 Å². The molecule has 166 valence electrons. The van der Waals surface area contributed by atoms with E-state index < -0.39 is 9.84 Å². The molecule has 0 unspecified atom stereocenters. The van der Waals surface area contributed by atoms with Crippen LogP contribution in [-0.2, 0) is 14.6 Å². The van der Waals surface area contributed by atoms with Crippen LogP contribution in [-0.4, -0.2) is 49.5 Å². The number of anilines is 2. The maximum absolute atomic E-state index is 13.3. The van der Waals surface area contributed by atoms with E-state index in [1.807, 2.05) is 30.1 Å². The van der Waals surface area contributed by atoms with Crippen molar-refractivity contribution in [2.45, 2.75) is 9.79 Å². The van der Waals surface area contributed by atoms with Gasteiger partial charge in [-0.1, -0.05) is 30.3 Å². The summed E-state index contributed by atoms with van der Waals surface area (Å²) in [6.07, 6.45) is 1.44. The summed E-state index contributed by atoms with van der Waals surface area (Å²) in [5, 5.41) is 3.92. The van der Waals surface area contributed by atoms with Crippen molar-refractivity contribution in [3.8, 4) is 0 Å². The van der Waals surface area contributed by atoms with Crippen LogP contribution in [0.4, 0.5) is 17.2 Å². The summed E-state index contributed by atoms with van der Waals surface area (Å²) in [5.41, 5.74) is 1.83. The highest BCUT2D eigenvalue weighted by atomic mass is 32.2. The summed E-state index contributed by atoms with van der Waals surface area (Å²) in [6, 6.07) is 21.3. The molecular weight excluding hydrogens is 438 g/mol. The number of para-hydroxylation sites is 1. The van der Waals surface area contributed by atoms with Gasteiger partial charge in [-0.25, -0.2) is 18.4 Å². The van der Waals surface area contributed by atoms with Crippen LogP contribution in [0, 0.1) is 0 Å². The van der Waals surface area contributed by atoms with Gasteiger partial charge in [-0.2, -0.15) is 4.99 Å². The molecule has 2 heterocycles. The zero-order chi connectivity index (χ0) is 22.8. The molecule has 0 spiro atoms. The number of benzene rings is 3. The van der Waals surface area contributed by atoms with Crippen molar-refractivity contribution < 1.29 is 13.2 Å². The van der Waals surface area contributed by atoms with Crippen molar-refractivity contribution in [3.05, 3.63) is 79.1 Å². The Labute approximate surface area is 191 Å². The minimum Gasteiger partial charge on any atom is -0.463 e. The lowest BCUT2D eigenvalue weighted by molar-refractivity contribution is 0.352. The van der Waals surface area contributed by atoms with Gasteiger partial charge < -0.3 is 15.0 Å². The molecule has 0 amide bonds. The first-order valence-corrected chi connectivity index (χ1v) is 11.8. The quantitative estimate of drug-likeness (QED) is 0.479. The maximum atomic E-state index is 13.3. The fourth-order valence-corrected chi connectivity index (χ4v) is 5.02. The number of amidine groups is 1. The number of likely N-dealkylation sites (N-methyl/N-ethyl adjacent to an activating group) is 1. The third kappa shape index (κ3) is 4.10. The highest BCUT2D eigenvalue weighted by molar-refractivity contribution is 7.91. The van der Waals surface area contributed by atoms with Crippen LogP contribution >= 0.6 is 0 Å². The smallest absolute Gasteiger partial charge is 0.292 e. The fourth-order valence-electron chi connectivity index (χ4n) is 3.58. The van der Waals surface area contributed by atoms with E-state index in [2.05, 4.69) is 20.3 Å². The van der Waals surface area contributed by atoms with Crippen molar-refractivity contribution in [3.63, 3.8) is 0 Å². The topological polar surface area (TPSA) is 96.8 Å². The van der Waals surface area contributed by atoms with Gasteiger partial charge in [0.2, 0.25) is 9.84 Å². The third-order valence-electron chi connectivity index (χ3n) is 5.31. The number of nitrogens with zero attached hydrogens (tertiary/aromatic N) is 4. The first-order valence-electron chi connectivity index (χ1n) is 10.4. The summed E-state index contributed by atoms with van der Waals surface area (Å²) in [7, 11) is -1.80. The summed E-state index contributed by atoms with van der Waals surface area (Å²) in [4.78, 5) is 15.6. The van der Waals surface area contributed by atoms with Gasteiger partial charge in [0.1, 0.15) is 18.8 Å². The van der Waals surface area contributed by atoms with Crippen LogP contribution in [0.5, 0.6) is 0 Å². The van der Waals surface area contributed by atoms with Crippen LogP contribution in [0.1, 0.15) is 0 Å². The van der Waals surface area contributed by atoms with Crippen molar-refractivity contribution in [1.82, 2.24) is 14.9 Å². The van der Waals surface area contributed by atoms with Crippen molar-refractivity contribution in [2.24, 2.45) is 4.99 Å². The first-order chi connectivity index (χ1) is 16.0. The number of sulfone groups is 1. The molecule has 0 atom stereocenters. The average molecular weight is 460 g/mol. The standard InChI is InChI=1S/C24H21N5O3S/c1-29-13-14-32-24(29)27-17-11-12-20-19(15-17)23(26-16-25-20)28-21-9-5-6-10-22(21)33(30,31)18-7-3-2-4-8-18/h2-12,15-16H,13-14H2,1H3,(H,25,26,28). The molecule has 33 heavy (non-hydrogen) atoms. The van der Waals surface area contributed by atoms with Crippen LogP contribution < -0.4 is 5.32 Å². The molecule has 5 rings (SSSR count). The number of aliphatic imine (C=N–C) groups is 1. The highest BCUT2D eigenvalue weighted by Gasteiger charge is 2.21. The minimum absolute atomic E-state index is 0.167. The SMILES string of the molecule is CN1CCOC1=Nc1ccc2ncnc(Nc3ccccc3S(=O)(=O)c3ccccc3)c2c1. The van der Waals surface area contributed by atoms with E-state index >= 15 is 0 Å². The molecule has 0 bridgehead atoms. The average Bonchev–Trinajstić information content (AvgIpc) is 3.24. The second kappa shape index (κ2) is 8.51. The number of hydrogen-bond donors (Lipinski definition) is 1. The largest absolute Gasteiger partial charge is 0.463 e. The Morgan fingerprint density at radius 3 is 2.58 bits per heavy atom. The lowest BCUT2D eigenvalue weighted by Gasteiger charge is -2.14. The fraction of sp³-hybridized carbons (Fsp3) is 0.125. The lowest BCUT2D eigenvalue weighted by atomic mass is 10.2. The molecule has 1 aliphatic rings. The number of rotatable bonds is 5. The minimum atomic E-state index is -3.72. The van der Waals surface area contributed by atoms with Crippen molar-refractivity contribution in [1.29, 1.82) is 0 Å². The zero-order valence-corrected chi connectivity index (χ0v) is 18.7. The molecule has 1 N–H and O–H groups in total. The maximum Gasteiger partial charge on any atom is 0.292 e. The molecule has 1 aliphatic heterocycles. The van der Waals surface area contributed by atoms with Crippen molar-refractivity contribution in [2.75, 3.05) is 25.5 Å². The molecule has 1 fully saturated rings. The normalized spacial score (nSPS) is 15.1. The monoisotopic (exact) mass is 459 g/mol. The van der Waals surface area contributed by atoms with Crippen LogP contribution in [0.2, 0.25) is 0 Å². The van der Waals surface area contributed by atoms with E-state index in [0.717, 1.165) is 6.54 Å². The third-order valence-corrected chi connectivity index (χ3v) is 7.14. The summed E-state index contributed by atoms with van der Waals surface area (Å²) >= 11 is 0. The Balaban J connectivity index is 1.56. The Kier molecular flexibility index (Phi) is 5.39. The Hall–Kier alpha value is -3.98. The van der Waals surface area contributed by atoms with Gasteiger partial charge >= 0.3 is 0 Å².